The van der Waals surface area contributed by atoms with Crippen LogP contribution in [0.15, 0.2) is 61.1 Å². The Kier molecular flexibility index (Phi) is 6.04. The van der Waals surface area contributed by atoms with Crippen LogP contribution in [0, 0.1) is 0 Å². The summed E-state index contributed by atoms with van der Waals surface area (Å²) in [6.07, 6.45) is 3.95. The van der Waals surface area contributed by atoms with Gasteiger partial charge in [-0.3, -0.25) is 14.6 Å². The molecular formula is C23H15Cl2N3O5. The highest BCUT2D eigenvalue weighted by atomic mass is 35.5. The molecule has 0 radical (unpaired) electrons. The number of aromatic hydroxyl groups is 1. The molecule has 33 heavy (non-hydrogen) atoms. The number of nitrogens with one attached hydrogen (secondary N) is 1. The lowest BCUT2D eigenvalue weighted by molar-refractivity contribution is -0.112. The van der Waals surface area contributed by atoms with Gasteiger partial charge in [0.2, 0.25) is 0 Å². The third-order valence-corrected chi connectivity index (χ3v) is 5.58. The maximum absolute atomic E-state index is 13.0. The lowest BCUT2D eigenvalue weighted by Crippen LogP contribution is -2.23. The number of carbonyl (C=O) groups excluding carboxylic acids is 2. The van der Waals surface area contributed by atoms with Crippen molar-refractivity contribution in [3.05, 3.63) is 87.8 Å². The number of halogens is 2. The van der Waals surface area contributed by atoms with Crippen molar-refractivity contribution in [2.75, 3.05) is 5.32 Å². The summed E-state index contributed by atoms with van der Waals surface area (Å²) in [7, 11) is 0. The second-order valence-electron chi connectivity index (χ2n) is 7.07. The van der Waals surface area contributed by atoms with E-state index in [1.807, 2.05) is 0 Å². The summed E-state index contributed by atoms with van der Waals surface area (Å²) in [5.74, 6) is -3.11. The molecule has 2 heterocycles. The molecule has 0 aliphatic heterocycles. The summed E-state index contributed by atoms with van der Waals surface area (Å²) in [5.41, 5.74) is 0.904. The quantitative estimate of drug-likeness (QED) is 0.271. The van der Waals surface area contributed by atoms with Crippen LogP contribution >= 0.6 is 23.2 Å². The van der Waals surface area contributed by atoms with Crippen molar-refractivity contribution in [2.45, 2.75) is 6.54 Å². The largest absolute Gasteiger partial charge is 0.506 e. The standard InChI is InChI=1S/C23H15Cl2N3O5/c24-16-8-26-9-17(25)19(16)27-22(31)21(30)15-11-28(20-14(15)6-3-7-18(20)29)10-12-4-1-2-5-13(12)23(32)33/h1-9,11,29H,10H2,(H,32,33)(H,26,27,31). The molecule has 0 aliphatic carbocycles. The van der Waals surface area contributed by atoms with Crippen molar-refractivity contribution in [3.63, 3.8) is 0 Å². The summed E-state index contributed by atoms with van der Waals surface area (Å²) in [5, 5.41) is 22.8. The Morgan fingerprint density at radius 3 is 2.36 bits per heavy atom. The Morgan fingerprint density at radius 2 is 1.67 bits per heavy atom. The first kappa shape index (κ1) is 22.3. The summed E-state index contributed by atoms with van der Waals surface area (Å²) in [6, 6.07) is 11.0. The Bertz CT molecular complexity index is 1410. The van der Waals surface area contributed by atoms with Crippen LogP contribution in [0.25, 0.3) is 10.9 Å². The van der Waals surface area contributed by atoms with Gasteiger partial charge in [0.05, 0.1) is 32.4 Å². The van der Waals surface area contributed by atoms with E-state index in [0.29, 0.717) is 10.9 Å². The SMILES string of the molecule is O=C(Nc1c(Cl)cncc1Cl)C(=O)c1cn(Cc2ccccc2C(=O)O)c2c(O)cccc12. The fourth-order valence-electron chi connectivity index (χ4n) is 3.52. The third-order valence-electron chi connectivity index (χ3n) is 5.01. The molecule has 8 nitrogen and oxygen atoms in total. The van der Waals surface area contributed by atoms with Crippen molar-refractivity contribution >= 4 is 57.5 Å². The molecular weight excluding hydrogens is 469 g/mol. The number of rotatable bonds is 6. The van der Waals surface area contributed by atoms with Gasteiger partial charge in [-0.25, -0.2) is 4.79 Å². The number of amides is 1. The van der Waals surface area contributed by atoms with Gasteiger partial charge in [-0.1, -0.05) is 53.5 Å². The minimum Gasteiger partial charge on any atom is -0.506 e. The van der Waals surface area contributed by atoms with E-state index in [2.05, 4.69) is 10.3 Å². The fourth-order valence-corrected chi connectivity index (χ4v) is 3.98. The molecule has 0 fully saturated rings. The predicted octanol–water partition coefficient (Wildman–Crippen LogP) is 4.62. The zero-order chi connectivity index (χ0) is 23.7. The number of carboxylic acids is 1. The molecule has 10 heteroatoms. The molecule has 0 bridgehead atoms. The second kappa shape index (κ2) is 8.93. The number of pyridine rings is 1. The molecule has 0 saturated carbocycles. The zero-order valence-corrected chi connectivity index (χ0v) is 18.3. The van der Waals surface area contributed by atoms with Crippen LogP contribution in [-0.4, -0.2) is 37.4 Å². The van der Waals surface area contributed by atoms with Gasteiger partial charge in [-0.05, 0) is 17.7 Å². The lowest BCUT2D eigenvalue weighted by Gasteiger charge is -2.09. The van der Waals surface area contributed by atoms with E-state index in [9.17, 15) is 24.6 Å². The first-order valence-corrected chi connectivity index (χ1v) is 10.3. The van der Waals surface area contributed by atoms with Crippen LogP contribution in [-0.2, 0) is 11.3 Å². The van der Waals surface area contributed by atoms with Crippen LogP contribution in [0.5, 0.6) is 5.75 Å². The highest BCUT2D eigenvalue weighted by Crippen LogP contribution is 2.32. The van der Waals surface area contributed by atoms with E-state index in [1.54, 1.807) is 30.3 Å². The van der Waals surface area contributed by atoms with Crippen LogP contribution in [0.4, 0.5) is 5.69 Å². The third kappa shape index (κ3) is 4.26. The van der Waals surface area contributed by atoms with E-state index in [1.165, 1.54) is 35.3 Å². The van der Waals surface area contributed by atoms with Gasteiger partial charge in [0.25, 0.3) is 11.7 Å². The van der Waals surface area contributed by atoms with E-state index < -0.39 is 17.7 Å². The van der Waals surface area contributed by atoms with Crippen LogP contribution in [0.2, 0.25) is 10.0 Å². The monoisotopic (exact) mass is 483 g/mol. The minimum absolute atomic E-state index is 0.0208. The number of hydrogen-bond acceptors (Lipinski definition) is 5. The fraction of sp³-hybridized carbons (Fsp3) is 0.0435. The smallest absolute Gasteiger partial charge is 0.336 e. The van der Waals surface area contributed by atoms with E-state index in [4.69, 9.17) is 23.2 Å². The average Bonchev–Trinajstić information content (AvgIpc) is 3.15. The molecule has 166 valence electrons. The Balaban J connectivity index is 1.75. The van der Waals surface area contributed by atoms with Gasteiger partial charge in [-0.15, -0.1) is 0 Å². The first-order chi connectivity index (χ1) is 15.8. The molecule has 0 saturated heterocycles. The van der Waals surface area contributed by atoms with Crippen LogP contribution < -0.4 is 5.32 Å². The summed E-state index contributed by atoms with van der Waals surface area (Å²) in [4.78, 5) is 41.1. The molecule has 4 aromatic rings. The van der Waals surface area contributed by atoms with Gasteiger partial charge in [0.1, 0.15) is 5.75 Å². The molecule has 2 aromatic carbocycles. The number of nitrogens with zero attached hydrogens (tertiary/aromatic N) is 2. The number of ketones is 1. The maximum Gasteiger partial charge on any atom is 0.336 e. The number of aromatic nitrogens is 2. The van der Waals surface area contributed by atoms with Crippen molar-refractivity contribution in [1.29, 1.82) is 0 Å². The van der Waals surface area contributed by atoms with Gasteiger partial charge in [-0.2, -0.15) is 0 Å². The number of para-hydroxylation sites is 1. The number of fused-ring (bicyclic) bond motifs is 1. The lowest BCUT2D eigenvalue weighted by atomic mass is 10.1. The molecule has 0 atom stereocenters. The molecule has 0 aliphatic rings. The highest BCUT2D eigenvalue weighted by molar-refractivity contribution is 6.50. The van der Waals surface area contributed by atoms with E-state index in [-0.39, 0.29) is 44.7 Å². The Hall–Kier alpha value is -3.88. The summed E-state index contributed by atoms with van der Waals surface area (Å²) >= 11 is 12.0. The first-order valence-electron chi connectivity index (χ1n) is 9.54. The number of aromatic carboxylic acids is 1. The molecule has 2 aromatic heterocycles. The van der Waals surface area contributed by atoms with E-state index in [0.717, 1.165) is 0 Å². The van der Waals surface area contributed by atoms with Gasteiger partial charge in [0.15, 0.2) is 0 Å². The average molecular weight is 484 g/mol. The number of carbonyl (C=O) groups is 3. The topological polar surface area (TPSA) is 122 Å². The van der Waals surface area contributed by atoms with Crippen molar-refractivity contribution < 1.29 is 24.6 Å². The van der Waals surface area contributed by atoms with Gasteiger partial charge < -0.3 is 20.1 Å². The summed E-state index contributed by atoms with van der Waals surface area (Å²) in [6.45, 7) is 0.0491. The zero-order valence-electron chi connectivity index (χ0n) is 16.8. The molecule has 3 N–H and O–H groups in total. The molecule has 0 unspecified atom stereocenters. The number of benzene rings is 2. The predicted molar refractivity (Wildman–Crippen MR) is 123 cm³/mol. The van der Waals surface area contributed by atoms with Crippen molar-refractivity contribution in [3.8, 4) is 5.75 Å². The number of anilines is 1. The number of hydrogen-bond donors (Lipinski definition) is 3. The normalized spacial score (nSPS) is 10.8. The van der Waals surface area contributed by atoms with Crippen molar-refractivity contribution in [2.24, 2.45) is 0 Å². The molecule has 1 amide bonds. The van der Waals surface area contributed by atoms with Crippen LogP contribution in [0.1, 0.15) is 26.3 Å². The Labute approximate surface area is 197 Å². The minimum atomic E-state index is -1.10. The molecule has 0 spiro atoms. The van der Waals surface area contributed by atoms with Gasteiger partial charge in [0, 0.05) is 30.5 Å². The van der Waals surface area contributed by atoms with Crippen molar-refractivity contribution in [1.82, 2.24) is 9.55 Å². The number of phenols is 1. The van der Waals surface area contributed by atoms with Crippen LogP contribution in [0.3, 0.4) is 0 Å². The highest BCUT2D eigenvalue weighted by Gasteiger charge is 2.25. The summed E-state index contributed by atoms with van der Waals surface area (Å²) < 4.78 is 1.53. The number of phenolic OH excluding ortho intramolecular Hbond substituents is 1. The number of carboxylic acid groups (broad SMARTS) is 1. The molecule has 4 rings (SSSR count). The second-order valence-corrected chi connectivity index (χ2v) is 7.88. The van der Waals surface area contributed by atoms with E-state index >= 15 is 0 Å². The van der Waals surface area contributed by atoms with Gasteiger partial charge >= 0.3 is 5.97 Å². The maximum atomic E-state index is 13.0. The Morgan fingerprint density at radius 1 is 0.970 bits per heavy atom. The number of Topliss-reactive ketones (excluding diaryl/α,β-unsaturated/α-hetero) is 1.